The summed E-state index contributed by atoms with van der Waals surface area (Å²) in [5.74, 6) is -0.905. The molecule has 1 aromatic heterocycles. The molecule has 0 bridgehead atoms. The number of aromatic nitrogens is 2. The lowest BCUT2D eigenvalue weighted by Gasteiger charge is -2.10. The number of halogens is 1. The van der Waals surface area contributed by atoms with Gasteiger partial charge in [-0.3, -0.25) is 5.10 Å². The second kappa shape index (κ2) is 3.97. The first-order valence-electron chi connectivity index (χ1n) is 4.92. The minimum Gasteiger partial charge on any atom is -0.502 e. The molecule has 0 saturated carbocycles. The van der Waals surface area contributed by atoms with E-state index >= 15 is 0 Å². The van der Waals surface area contributed by atoms with Gasteiger partial charge in [-0.2, -0.15) is 5.10 Å². The molecule has 0 aliphatic heterocycles. The van der Waals surface area contributed by atoms with Crippen molar-refractivity contribution in [2.24, 2.45) is 0 Å². The predicted octanol–water partition coefficient (Wildman–Crippen LogP) is 1.82. The number of nitrogens with one attached hydrogen (secondary N) is 1. The molecular formula is C11H12FN3O2. The van der Waals surface area contributed by atoms with Crippen LogP contribution in [0.2, 0.25) is 0 Å². The minimum absolute atomic E-state index is 0.124. The highest BCUT2D eigenvalue weighted by Gasteiger charge is 2.18. The predicted molar refractivity (Wildman–Crippen MR) is 61.3 cm³/mol. The maximum absolute atomic E-state index is 13.9. The number of nitrogens with zero attached hydrogens (tertiary/aromatic N) is 1. The van der Waals surface area contributed by atoms with Crippen molar-refractivity contribution >= 4 is 5.82 Å². The van der Waals surface area contributed by atoms with Crippen LogP contribution in [0.15, 0.2) is 12.1 Å². The first-order chi connectivity index (χ1) is 8.04. The molecule has 5 nitrogen and oxygen atoms in total. The van der Waals surface area contributed by atoms with E-state index in [1.165, 1.54) is 13.2 Å². The number of hydrogen-bond acceptors (Lipinski definition) is 4. The van der Waals surface area contributed by atoms with Crippen LogP contribution in [0.1, 0.15) is 5.56 Å². The Hall–Kier alpha value is -2.24. The highest BCUT2D eigenvalue weighted by molar-refractivity contribution is 5.68. The Kier molecular flexibility index (Phi) is 2.63. The molecule has 0 aliphatic rings. The van der Waals surface area contributed by atoms with Gasteiger partial charge in [-0.15, -0.1) is 0 Å². The lowest BCUT2D eigenvalue weighted by molar-refractivity contribution is 0.355. The Bertz CT molecular complexity index is 566. The van der Waals surface area contributed by atoms with Crippen molar-refractivity contribution < 1.29 is 14.2 Å². The lowest BCUT2D eigenvalue weighted by Crippen LogP contribution is -1.94. The van der Waals surface area contributed by atoms with E-state index < -0.39 is 11.6 Å². The molecule has 0 spiro atoms. The maximum Gasteiger partial charge on any atom is 0.195 e. The van der Waals surface area contributed by atoms with Gasteiger partial charge in [0, 0.05) is 11.6 Å². The van der Waals surface area contributed by atoms with Crippen LogP contribution in [0.25, 0.3) is 11.3 Å². The van der Waals surface area contributed by atoms with Gasteiger partial charge in [0.05, 0.1) is 12.8 Å². The van der Waals surface area contributed by atoms with Crippen LogP contribution in [0, 0.1) is 12.7 Å². The molecule has 4 N–H and O–H groups in total. The number of methoxy groups -OCH3 is 1. The Labute approximate surface area is 97.0 Å². The van der Waals surface area contributed by atoms with E-state index in [1.54, 1.807) is 13.0 Å². The zero-order valence-electron chi connectivity index (χ0n) is 9.41. The fourth-order valence-corrected chi connectivity index (χ4v) is 1.69. The molecule has 1 aromatic carbocycles. The summed E-state index contributed by atoms with van der Waals surface area (Å²) in [6.45, 7) is 1.71. The molecule has 0 fully saturated rings. The molecule has 2 aromatic rings. The third-order valence-electron chi connectivity index (χ3n) is 2.47. The molecular weight excluding hydrogens is 225 g/mol. The first-order valence-corrected chi connectivity index (χ1v) is 4.92. The molecule has 0 unspecified atom stereocenters. The summed E-state index contributed by atoms with van der Waals surface area (Å²) in [6, 6.07) is 3.05. The summed E-state index contributed by atoms with van der Waals surface area (Å²) in [6.07, 6.45) is 0. The van der Waals surface area contributed by atoms with Crippen LogP contribution < -0.4 is 10.5 Å². The SMILES string of the molecule is COc1c(C)cc(-c2cc(N)n[nH]2)c(F)c1O. The molecule has 6 heteroatoms. The van der Waals surface area contributed by atoms with Crippen molar-refractivity contribution in [3.05, 3.63) is 23.5 Å². The fourth-order valence-electron chi connectivity index (χ4n) is 1.69. The van der Waals surface area contributed by atoms with Gasteiger partial charge in [0.25, 0.3) is 0 Å². The van der Waals surface area contributed by atoms with E-state index in [1.807, 2.05) is 0 Å². The molecule has 0 aliphatic carbocycles. The topological polar surface area (TPSA) is 84.2 Å². The number of benzene rings is 1. The third-order valence-corrected chi connectivity index (χ3v) is 2.47. The Morgan fingerprint density at radius 1 is 1.47 bits per heavy atom. The average Bonchev–Trinajstić information content (AvgIpc) is 2.71. The van der Waals surface area contributed by atoms with Crippen LogP contribution >= 0.6 is 0 Å². The van der Waals surface area contributed by atoms with Crippen LogP contribution in [0.5, 0.6) is 11.5 Å². The number of nitrogen functional groups attached to an aromatic ring is 1. The van der Waals surface area contributed by atoms with Crippen molar-refractivity contribution in [1.82, 2.24) is 10.2 Å². The summed E-state index contributed by atoms with van der Waals surface area (Å²) >= 11 is 0. The Balaban J connectivity index is 2.64. The standard InChI is InChI=1S/C11H12FN3O2/c1-5-3-6(7-4-8(13)15-14-7)9(12)10(16)11(5)17-2/h3-4,16H,1-2H3,(H3,13,14,15). The molecule has 0 amide bonds. The molecule has 2 rings (SSSR count). The van der Waals surface area contributed by atoms with Crippen LogP contribution in [0.3, 0.4) is 0 Å². The number of hydrogen-bond donors (Lipinski definition) is 3. The largest absolute Gasteiger partial charge is 0.502 e. The quantitative estimate of drug-likeness (QED) is 0.743. The van der Waals surface area contributed by atoms with E-state index in [-0.39, 0.29) is 17.1 Å². The molecule has 0 atom stereocenters. The van der Waals surface area contributed by atoms with Crippen LogP contribution in [0.4, 0.5) is 10.2 Å². The summed E-state index contributed by atoms with van der Waals surface area (Å²) in [7, 11) is 1.37. The Morgan fingerprint density at radius 2 is 2.18 bits per heavy atom. The first kappa shape index (κ1) is 11.3. The number of H-pyrrole nitrogens is 1. The number of aryl methyl sites for hydroxylation is 1. The summed E-state index contributed by atoms with van der Waals surface area (Å²) in [5.41, 5.74) is 6.67. The highest BCUT2D eigenvalue weighted by atomic mass is 19.1. The number of ether oxygens (including phenoxy) is 1. The number of aromatic amines is 1. The number of anilines is 1. The highest BCUT2D eigenvalue weighted by Crippen LogP contribution is 2.38. The average molecular weight is 237 g/mol. The van der Waals surface area contributed by atoms with Gasteiger partial charge in [0.2, 0.25) is 0 Å². The summed E-state index contributed by atoms with van der Waals surface area (Å²) in [4.78, 5) is 0. The third kappa shape index (κ3) is 1.77. The second-order valence-corrected chi connectivity index (χ2v) is 3.64. The Morgan fingerprint density at radius 3 is 2.71 bits per heavy atom. The van der Waals surface area contributed by atoms with Crippen molar-refractivity contribution in [2.75, 3.05) is 12.8 Å². The van der Waals surface area contributed by atoms with E-state index in [0.717, 1.165) is 0 Å². The number of phenolic OH excluding ortho intramolecular Hbond substituents is 1. The zero-order chi connectivity index (χ0) is 12.6. The smallest absolute Gasteiger partial charge is 0.195 e. The van der Waals surface area contributed by atoms with E-state index in [4.69, 9.17) is 10.5 Å². The second-order valence-electron chi connectivity index (χ2n) is 3.64. The van der Waals surface area contributed by atoms with Crippen LogP contribution in [-0.4, -0.2) is 22.4 Å². The van der Waals surface area contributed by atoms with Crippen molar-refractivity contribution in [1.29, 1.82) is 0 Å². The zero-order valence-corrected chi connectivity index (χ0v) is 9.41. The molecule has 90 valence electrons. The molecule has 17 heavy (non-hydrogen) atoms. The van der Waals surface area contributed by atoms with Gasteiger partial charge in [-0.1, -0.05) is 0 Å². The minimum atomic E-state index is -0.767. The fraction of sp³-hybridized carbons (Fsp3) is 0.182. The molecule has 0 saturated heterocycles. The van der Waals surface area contributed by atoms with Crippen molar-refractivity contribution in [3.63, 3.8) is 0 Å². The number of nitrogens with two attached hydrogens (primary N) is 1. The molecule has 1 heterocycles. The lowest BCUT2D eigenvalue weighted by atomic mass is 10.1. The van der Waals surface area contributed by atoms with Gasteiger partial charge in [0.1, 0.15) is 5.82 Å². The normalized spacial score (nSPS) is 10.5. The summed E-state index contributed by atoms with van der Waals surface area (Å²) < 4.78 is 18.8. The van der Waals surface area contributed by atoms with E-state index in [0.29, 0.717) is 11.3 Å². The maximum atomic E-state index is 13.9. The van der Waals surface area contributed by atoms with Gasteiger partial charge in [-0.05, 0) is 18.6 Å². The number of phenols is 1. The van der Waals surface area contributed by atoms with Crippen molar-refractivity contribution in [3.8, 4) is 22.8 Å². The van der Waals surface area contributed by atoms with E-state index in [2.05, 4.69) is 10.2 Å². The summed E-state index contributed by atoms with van der Waals surface area (Å²) in [5, 5.41) is 16.0. The van der Waals surface area contributed by atoms with Gasteiger partial charge >= 0.3 is 0 Å². The number of aromatic hydroxyl groups is 1. The van der Waals surface area contributed by atoms with Gasteiger partial charge < -0.3 is 15.6 Å². The van der Waals surface area contributed by atoms with Gasteiger partial charge in [-0.25, -0.2) is 4.39 Å². The van der Waals surface area contributed by atoms with Gasteiger partial charge in [0.15, 0.2) is 17.3 Å². The van der Waals surface area contributed by atoms with Crippen LogP contribution in [-0.2, 0) is 0 Å². The van der Waals surface area contributed by atoms with E-state index in [9.17, 15) is 9.50 Å². The molecule has 0 radical (unpaired) electrons. The number of rotatable bonds is 2. The van der Waals surface area contributed by atoms with Crippen molar-refractivity contribution in [2.45, 2.75) is 6.92 Å². The monoisotopic (exact) mass is 237 g/mol.